The summed E-state index contributed by atoms with van der Waals surface area (Å²) in [6, 6.07) is 9.17. The highest BCUT2D eigenvalue weighted by Crippen LogP contribution is 2.29. The van der Waals surface area contributed by atoms with Crippen molar-refractivity contribution in [3.8, 4) is 17.2 Å². The van der Waals surface area contributed by atoms with Crippen molar-refractivity contribution < 1.29 is 19.7 Å². The summed E-state index contributed by atoms with van der Waals surface area (Å²) in [6.07, 6.45) is -0.751. The Labute approximate surface area is 150 Å². The van der Waals surface area contributed by atoms with Crippen LogP contribution in [0.1, 0.15) is 12.5 Å². The summed E-state index contributed by atoms with van der Waals surface area (Å²) < 4.78 is 5.59. The minimum Gasteiger partial charge on any atom is -0.504 e. The molecule has 24 heavy (non-hydrogen) atoms. The fourth-order valence-electron chi connectivity index (χ4n) is 2.14. The summed E-state index contributed by atoms with van der Waals surface area (Å²) in [7, 11) is 1.62. The van der Waals surface area contributed by atoms with Gasteiger partial charge in [-0.05, 0) is 42.8 Å². The standard InChI is InChI=1S/C17H17Cl2NO4/c1-10(24-16-6-4-12(18)8-13(16)19)17(23)20(2)9-11-3-5-14(21)15(22)7-11/h3-8,10,21-22H,9H2,1-2H3. The summed E-state index contributed by atoms with van der Waals surface area (Å²) in [6.45, 7) is 1.88. The maximum Gasteiger partial charge on any atom is 0.263 e. The molecule has 0 aliphatic heterocycles. The van der Waals surface area contributed by atoms with Crippen LogP contribution in [0.3, 0.4) is 0 Å². The molecule has 0 aliphatic carbocycles. The summed E-state index contributed by atoms with van der Waals surface area (Å²) in [5.74, 6) is -0.321. The van der Waals surface area contributed by atoms with E-state index in [0.717, 1.165) is 0 Å². The lowest BCUT2D eigenvalue weighted by atomic mass is 10.2. The number of aromatic hydroxyl groups is 2. The van der Waals surface area contributed by atoms with Crippen molar-refractivity contribution >= 4 is 29.1 Å². The van der Waals surface area contributed by atoms with Crippen LogP contribution >= 0.6 is 23.2 Å². The lowest BCUT2D eigenvalue weighted by Crippen LogP contribution is -2.37. The molecule has 0 bridgehead atoms. The average Bonchev–Trinajstić information content (AvgIpc) is 2.52. The molecule has 7 heteroatoms. The number of rotatable bonds is 5. The van der Waals surface area contributed by atoms with Crippen LogP contribution in [0.4, 0.5) is 0 Å². The first-order chi connectivity index (χ1) is 11.3. The number of likely N-dealkylation sites (N-methyl/N-ethyl adjacent to an activating group) is 1. The van der Waals surface area contributed by atoms with Gasteiger partial charge in [0, 0.05) is 18.6 Å². The van der Waals surface area contributed by atoms with E-state index < -0.39 is 6.10 Å². The Kier molecular flexibility index (Phi) is 5.80. The second kappa shape index (κ2) is 7.64. The van der Waals surface area contributed by atoms with Crippen LogP contribution in [0.25, 0.3) is 0 Å². The molecule has 0 saturated carbocycles. The number of hydrogen-bond donors (Lipinski definition) is 2. The minimum atomic E-state index is -0.751. The summed E-state index contributed by atoms with van der Waals surface area (Å²) >= 11 is 11.9. The number of carbonyl (C=O) groups excluding carboxylic acids is 1. The molecule has 0 fully saturated rings. The first kappa shape index (κ1) is 18.2. The van der Waals surface area contributed by atoms with E-state index in [-0.39, 0.29) is 24.0 Å². The number of halogens is 2. The number of phenolic OH excluding ortho intramolecular Hbond substituents is 2. The van der Waals surface area contributed by atoms with Gasteiger partial charge in [-0.1, -0.05) is 29.3 Å². The van der Waals surface area contributed by atoms with Crippen molar-refractivity contribution in [2.75, 3.05) is 7.05 Å². The van der Waals surface area contributed by atoms with Gasteiger partial charge in [0.2, 0.25) is 0 Å². The lowest BCUT2D eigenvalue weighted by molar-refractivity contribution is -0.137. The molecule has 2 N–H and O–H groups in total. The van der Waals surface area contributed by atoms with E-state index in [1.54, 1.807) is 38.2 Å². The molecule has 0 radical (unpaired) electrons. The van der Waals surface area contributed by atoms with E-state index in [0.29, 0.717) is 21.4 Å². The Morgan fingerprint density at radius 2 is 1.88 bits per heavy atom. The Balaban J connectivity index is 2.02. The van der Waals surface area contributed by atoms with Crippen LogP contribution in [0.15, 0.2) is 36.4 Å². The summed E-state index contributed by atoms with van der Waals surface area (Å²) in [5, 5.41) is 19.6. The van der Waals surface area contributed by atoms with Gasteiger partial charge in [0.1, 0.15) is 5.75 Å². The first-order valence-corrected chi connectivity index (χ1v) is 7.91. The molecule has 0 aliphatic rings. The zero-order valence-electron chi connectivity index (χ0n) is 13.2. The zero-order chi connectivity index (χ0) is 17.9. The second-order valence-electron chi connectivity index (χ2n) is 5.35. The zero-order valence-corrected chi connectivity index (χ0v) is 14.7. The van der Waals surface area contributed by atoms with Crippen LogP contribution < -0.4 is 4.74 Å². The van der Waals surface area contributed by atoms with Gasteiger partial charge in [-0.3, -0.25) is 4.79 Å². The fourth-order valence-corrected chi connectivity index (χ4v) is 2.59. The predicted octanol–water partition coefficient (Wildman–Crippen LogP) is 3.83. The van der Waals surface area contributed by atoms with Crippen molar-refractivity contribution in [1.82, 2.24) is 4.90 Å². The van der Waals surface area contributed by atoms with E-state index in [1.165, 1.54) is 17.0 Å². The summed E-state index contributed by atoms with van der Waals surface area (Å²) in [4.78, 5) is 13.9. The van der Waals surface area contributed by atoms with Crippen molar-refractivity contribution in [3.05, 3.63) is 52.0 Å². The van der Waals surface area contributed by atoms with E-state index in [9.17, 15) is 15.0 Å². The SMILES string of the molecule is CC(Oc1ccc(Cl)cc1Cl)C(=O)N(C)Cc1ccc(O)c(O)c1. The fraction of sp³-hybridized carbons (Fsp3) is 0.235. The molecule has 0 heterocycles. The van der Waals surface area contributed by atoms with Gasteiger partial charge in [-0.25, -0.2) is 0 Å². The normalized spacial score (nSPS) is 11.8. The van der Waals surface area contributed by atoms with Crippen LogP contribution in [-0.2, 0) is 11.3 Å². The number of benzene rings is 2. The van der Waals surface area contributed by atoms with Gasteiger partial charge in [0.25, 0.3) is 5.91 Å². The largest absolute Gasteiger partial charge is 0.504 e. The van der Waals surface area contributed by atoms with E-state index in [4.69, 9.17) is 27.9 Å². The molecule has 0 saturated heterocycles. The number of phenols is 2. The molecule has 0 aromatic heterocycles. The van der Waals surface area contributed by atoms with Gasteiger partial charge in [0.15, 0.2) is 17.6 Å². The van der Waals surface area contributed by atoms with Crippen LogP contribution in [0.2, 0.25) is 10.0 Å². The molecule has 2 rings (SSSR count). The molecule has 1 unspecified atom stereocenters. The Bertz CT molecular complexity index is 751. The van der Waals surface area contributed by atoms with Gasteiger partial charge < -0.3 is 19.8 Å². The smallest absolute Gasteiger partial charge is 0.263 e. The predicted molar refractivity (Wildman–Crippen MR) is 92.8 cm³/mol. The summed E-state index contributed by atoms with van der Waals surface area (Å²) in [5.41, 5.74) is 0.679. The molecule has 128 valence electrons. The van der Waals surface area contributed by atoms with E-state index >= 15 is 0 Å². The maximum absolute atomic E-state index is 12.4. The quantitative estimate of drug-likeness (QED) is 0.785. The van der Waals surface area contributed by atoms with Gasteiger partial charge in [-0.2, -0.15) is 0 Å². The topological polar surface area (TPSA) is 70.0 Å². The second-order valence-corrected chi connectivity index (χ2v) is 6.20. The molecule has 0 spiro atoms. The first-order valence-electron chi connectivity index (χ1n) is 7.15. The number of ether oxygens (including phenoxy) is 1. The van der Waals surface area contributed by atoms with Crippen LogP contribution in [0, 0.1) is 0 Å². The van der Waals surface area contributed by atoms with Crippen molar-refractivity contribution in [1.29, 1.82) is 0 Å². The number of amides is 1. The number of hydrogen-bond acceptors (Lipinski definition) is 4. The molecule has 1 amide bonds. The molecule has 5 nitrogen and oxygen atoms in total. The third kappa shape index (κ3) is 4.46. The third-order valence-corrected chi connectivity index (χ3v) is 3.91. The molecular weight excluding hydrogens is 353 g/mol. The molecule has 2 aromatic rings. The van der Waals surface area contributed by atoms with Gasteiger partial charge in [-0.15, -0.1) is 0 Å². The third-order valence-electron chi connectivity index (χ3n) is 3.38. The highest BCUT2D eigenvalue weighted by Gasteiger charge is 2.20. The van der Waals surface area contributed by atoms with Gasteiger partial charge in [0.05, 0.1) is 5.02 Å². The minimum absolute atomic E-state index is 0.207. The molecule has 2 aromatic carbocycles. The lowest BCUT2D eigenvalue weighted by Gasteiger charge is -2.22. The van der Waals surface area contributed by atoms with Crippen molar-refractivity contribution in [2.45, 2.75) is 19.6 Å². The maximum atomic E-state index is 12.4. The van der Waals surface area contributed by atoms with Crippen LogP contribution in [0.5, 0.6) is 17.2 Å². The number of nitrogens with zero attached hydrogens (tertiary/aromatic N) is 1. The highest BCUT2D eigenvalue weighted by molar-refractivity contribution is 6.35. The Morgan fingerprint density at radius 1 is 1.17 bits per heavy atom. The van der Waals surface area contributed by atoms with Crippen molar-refractivity contribution in [3.63, 3.8) is 0 Å². The van der Waals surface area contributed by atoms with Crippen LogP contribution in [-0.4, -0.2) is 34.2 Å². The average molecular weight is 370 g/mol. The monoisotopic (exact) mass is 369 g/mol. The van der Waals surface area contributed by atoms with E-state index in [2.05, 4.69) is 0 Å². The highest BCUT2D eigenvalue weighted by atomic mass is 35.5. The molecular formula is C17H17Cl2NO4. The van der Waals surface area contributed by atoms with Crippen molar-refractivity contribution in [2.24, 2.45) is 0 Å². The molecule has 1 atom stereocenters. The Morgan fingerprint density at radius 3 is 2.50 bits per heavy atom. The number of carbonyl (C=O) groups is 1. The van der Waals surface area contributed by atoms with Gasteiger partial charge >= 0.3 is 0 Å². The van der Waals surface area contributed by atoms with E-state index in [1.807, 2.05) is 0 Å². The Hall–Kier alpha value is -2.11.